The molecule has 3 N–H and O–H groups in total. The number of hydrogen-bond acceptors (Lipinski definition) is 3. The standard InChI is InChI=1S/C14H21BrN2O/c15-12-6-5-11(14(16)8-12)9-17-7-3-1-2-4-13(17)10-18/h5-6,8,13,18H,1-4,7,9-10,16H2. The predicted octanol–water partition coefficient (Wildman–Crippen LogP) is 2.77. The molecule has 0 amide bonds. The quantitative estimate of drug-likeness (QED) is 0.844. The lowest BCUT2D eigenvalue weighted by Gasteiger charge is -2.28. The van der Waals surface area contributed by atoms with Crippen molar-refractivity contribution < 1.29 is 5.11 Å². The summed E-state index contributed by atoms with van der Waals surface area (Å²) in [5.74, 6) is 0. The molecule has 0 aliphatic carbocycles. The molecule has 100 valence electrons. The van der Waals surface area contributed by atoms with E-state index >= 15 is 0 Å². The lowest BCUT2D eigenvalue weighted by atomic mass is 10.1. The molecule has 1 aromatic rings. The van der Waals surface area contributed by atoms with Crippen LogP contribution in [0.2, 0.25) is 0 Å². The maximum absolute atomic E-state index is 9.50. The molecule has 0 aromatic heterocycles. The minimum absolute atomic E-state index is 0.246. The zero-order valence-corrected chi connectivity index (χ0v) is 12.2. The second-order valence-corrected chi connectivity index (χ2v) is 5.92. The molecule has 4 heteroatoms. The summed E-state index contributed by atoms with van der Waals surface area (Å²) in [5.41, 5.74) is 8.02. The summed E-state index contributed by atoms with van der Waals surface area (Å²) in [5, 5.41) is 9.50. The summed E-state index contributed by atoms with van der Waals surface area (Å²) in [6, 6.07) is 6.33. The highest BCUT2D eigenvalue weighted by Crippen LogP contribution is 2.23. The van der Waals surface area contributed by atoms with Gasteiger partial charge < -0.3 is 10.8 Å². The van der Waals surface area contributed by atoms with Crippen molar-refractivity contribution in [1.82, 2.24) is 4.90 Å². The van der Waals surface area contributed by atoms with Crippen LogP contribution in [0.1, 0.15) is 31.2 Å². The molecule has 1 heterocycles. The van der Waals surface area contributed by atoms with E-state index in [4.69, 9.17) is 5.73 Å². The molecule has 0 bridgehead atoms. The van der Waals surface area contributed by atoms with Crippen LogP contribution >= 0.6 is 15.9 Å². The van der Waals surface area contributed by atoms with Gasteiger partial charge in [0.15, 0.2) is 0 Å². The summed E-state index contributed by atoms with van der Waals surface area (Å²) in [6.07, 6.45) is 4.79. The Morgan fingerprint density at radius 3 is 2.89 bits per heavy atom. The van der Waals surface area contributed by atoms with Gasteiger partial charge in [0.05, 0.1) is 6.61 Å². The highest BCUT2D eigenvalue weighted by molar-refractivity contribution is 9.10. The van der Waals surface area contributed by atoms with Crippen molar-refractivity contribution in [3.63, 3.8) is 0 Å². The largest absolute Gasteiger partial charge is 0.398 e. The normalized spacial score (nSPS) is 21.8. The molecule has 1 aliphatic heterocycles. The number of hydrogen-bond donors (Lipinski definition) is 2. The molecular formula is C14H21BrN2O. The van der Waals surface area contributed by atoms with Gasteiger partial charge in [-0.2, -0.15) is 0 Å². The van der Waals surface area contributed by atoms with E-state index in [1.807, 2.05) is 12.1 Å². The van der Waals surface area contributed by atoms with Crippen molar-refractivity contribution in [3.05, 3.63) is 28.2 Å². The molecule has 3 nitrogen and oxygen atoms in total. The van der Waals surface area contributed by atoms with Gasteiger partial charge in [-0.3, -0.25) is 4.90 Å². The highest BCUT2D eigenvalue weighted by atomic mass is 79.9. The van der Waals surface area contributed by atoms with E-state index in [1.165, 1.54) is 19.3 Å². The molecule has 18 heavy (non-hydrogen) atoms. The SMILES string of the molecule is Nc1cc(Br)ccc1CN1CCCCCC1CO. The van der Waals surface area contributed by atoms with Crippen LogP contribution in [0.25, 0.3) is 0 Å². The first-order valence-electron chi connectivity index (χ1n) is 6.59. The molecule has 0 spiro atoms. The first kappa shape index (κ1) is 13.8. The van der Waals surface area contributed by atoms with Gasteiger partial charge in [-0.15, -0.1) is 0 Å². The Morgan fingerprint density at radius 1 is 1.33 bits per heavy atom. The van der Waals surface area contributed by atoms with Crippen molar-refractivity contribution in [2.24, 2.45) is 0 Å². The first-order valence-corrected chi connectivity index (χ1v) is 7.39. The van der Waals surface area contributed by atoms with E-state index in [0.717, 1.165) is 35.2 Å². The highest BCUT2D eigenvalue weighted by Gasteiger charge is 2.20. The first-order chi connectivity index (χ1) is 8.70. The number of benzene rings is 1. The van der Waals surface area contributed by atoms with Crippen LogP contribution in [0.15, 0.2) is 22.7 Å². The molecular weight excluding hydrogens is 292 g/mol. The molecule has 0 saturated carbocycles. The molecule has 1 atom stereocenters. The van der Waals surface area contributed by atoms with Crippen molar-refractivity contribution >= 4 is 21.6 Å². The Morgan fingerprint density at radius 2 is 2.17 bits per heavy atom. The number of halogens is 1. The Hall–Kier alpha value is -0.580. The van der Waals surface area contributed by atoms with Gasteiger partial charge in [0.2, 0.25) is 0 Å². The third-order valence-corrected chi connectivity index (χ3v) is 4.18. The smallest absolute Gasteiger partial charge is 0.0586 e. The maximum Gasteiger partial charge on any atom is 0.0586 e. The summed E-state index contributed by atoms with van der Waals surface area (Å²) in [7, 11) is 0. The van der Waals surface area contributed by atoms with Gasteiger partial charge in [0, 0.05) is 22.7 Å². The Bertz CT molecular complexity index is 397. The Balaban J connectivity index is 2.10. The number of aliphatic hydroxyl groups excluding tert-OH is 1. The van der Waals surface area contributed by atoms with Crippen LogP contribution in [0.5, 0.6) is 0 Å². The van der Waals surface area contributed by atoms with Crippen LogP contribution in [0.4, 0.5) is 5.69 Å². The lowest BCUT2D eigenvalue weighted by molar-refractivity contribution is 0.118. The fraction of sp³-hybridized carbons (Fsp3) is 0.571. The Labute approximate surface area is 117 Å². The summed E-state index contributed by atoms with van der Waals surface area (Å²) >= 11 is 3.43. The third kappa shape index (κ3) is 3.46. The van der Waals surface area contributed by atoms with Gasteiger partial charge in [-0.25, -0.2) is 0 Å². The fourth-order valence-corrected chi connectivity index (χ4v) is 2.96. The molecule has 1 saturated heterocycles. The molecule has 0 radical (unpaired) electrons. The molecule has 1 aromatic carbocycles. The monoisotopic (exact) mass is 312 g/mol. The van der Waals surface area contributed by atoms with Crippen LogP contribution in [-0.4, -0.2) is 29.2 Å². The van der Waals surface area contributed by atoms with Crippen LogP contribution in [0.3, 0.4) is 0 Å². The lowest BCUT2D eigenvalue weighted by Crippen LogP contribution is -2.37. The predicted molar refractivity (Wildman–Crippen MR) is 78.3 cm³/mol. The van der Waals surface area contributed by atoms with E-state index in [2.05, 4.69) is 26.9 Å². The average molecular weight is 313 g/mol. The number of nitrogens with zero attached hydrogens (tertiary/aromatic N) is 1. The summed E-state index contributed by atoms with van der Waals surface area (Å²) in [6.45, 7) is 2.14. The summed E-state index contributed by atoms with van der Waals surface area (Å²) < 4.78 is 1.01. The molecule has 2 rings (SSSR count). The third-order valence-electron chi connectivity index (χ3n) is 3.69. The van der Waals surface area contributed by atoms with E-state index in [9.17, 15) is 5.11 Å². The second kappa shape index (κ2) is 6.55. The fourth-order valence-electron chi connectivity index (χ4n) is 2.58. The Kier molecular flexibility index (Phi) is 5.03. The zero-order valence-electron chi connectivity index (χ0n) is 10.6. The number of aliphatic hydroxyl groups is 1. The minimum atomic E-state index is 0.246. The van der Waals surface area contributed by atoms with E-state index < -0.39 is 0 Å². The van der Waals surface area contributed by atoms with Crippen molar-refractivity contribution in [2.45, 2.75) is 38.3 Å². The van der Waals surface area contributed by atoms with E-state index in [0.29, 0.717) is 0 Å². The maximum atomic E-state index is 9.50. The van der Waals surface area contributed by atoms with Gasteiger partial charge >= 0.3 is 0 Å². The number of nitrogens with two attached hydrogens (primary N) is 1. The molecule has 1 aliphatic rings. The molecule has 1 unspecified atom stereocenters. The summed E-state index contributed by atoms with van der Waals surface area (Å²) in [4.78, 5) is 2.37. The van der Waals surface area contributed by atoms with Gasteiger partial charge in [0.25, 0.3) is 0 Å². The zero-order chi connectivity index (χ0) is 13.0. The number of rotatable bonds is 3. The van der Waals surface area contributed by atoms with Gasteiger partial charge in [-0.1, -0.05) is 34.8 Å². The van der Waals surface area contributed by atoms with Crippen LogP contribution < -0.4 is 5.73 Å². The average Bonchev–Trinajstić information content (AvgIpc) is 2.57. The van der Waals surface area contributed by atoms with Crippen LogP contribution in [0, 0.1) is 0 Å². The topological polar surface area (TPSA) is 49.5 Å². The second-order valence-electron chi connectivity index (χ2n) is 5.00. The number of nitrogen functional groups attached to an aromatic ring is 1. The number of anilines is 1. The van der Waals surface area contributed by atoms with Crippen molar-refractivity contribution in [3.8, 4) is 0 Å². The number of likely N-dealkylation sites (tertiary alicyclic amines) is 1. The van der Waals surface area contributed by atoms with E-state index in [-0.39, 0.29) is 12.6 Å². The van der Waals surface area contributed by atoms with Crippen molar-refractivity contribution in [1.29, 1.82) is 0 Å². The van der Waals surface area contributed by atoms with E-state index in [1.54, 1.807) is 0 Å². The minimum Gasteiger partial charge on any atom is -0.398 e. The van der Waals surface area contributed by atoms with Crippen molar-refractivity contribution in [2.75, 3.05) is 18.9 Å². The molecule has 1 fully saturated rings. The van der Waals surface area contributed by atoms with Gasteiger partial charge in [-0.05, 0) is 37.1 Å². The van der Waals surface area contributed by atoms with Gasteiger partial charge in [0.1, 0.15) is 0 Å². The van der Waals surface area contributed by atoms with Crippen LogP contribution in [-0.2, 0) is 6.54 Å².